The maximum atomic E-state index is 10.6. The van der Waals surface area contributed by atoms with E-state index in [-0.39, 0.29) is 5.75 Å². The summed E-state index contributed by atoms with van der Waals surface area (Å²) in [6.45, 7) is 4.44. The van der Waals surface area contributed by atoms with E-state index in [1.54, 1.807) is 12.1 Å². The normalized spacial score (nSPS) is 12.4. The van der Waals surface area contributed by atoms with Gasteiger partial charge in [0.2, 0.25) is 0 Å². The minimum atomic E-state index is -6.40. The van der Waals surface area contributed by atoms with Crippen LogP contribution in [0.15, 0.2) is 431 Å². The van der Waals surface area contributed by atoms with E-state index >= 15 is 0 Å². The molecule has 0 fully saturated rings. The molecule has 0 heterocycles. The van der Waals surface area contributed by atoms with Gasteiger partial charge in [-0.05, 0) is 0 Å². The first kappa shape index (κ1) is 65.3. The minimum absolute atomic E-state index is 0.210. The van der Waals surface area contributed by atoms with Gasteiger partial charge in [-0.2, -0.15) is 0 Å². The van der Waals surface area contributed by atoms with Gasteiger partial charge in [-0.1, -0.05) is 0 Å². The number of benzene rings is 14. The fourth-order valence-electron chi connectivity index (χ4n) is 13.4. The summed E-state index contributed by atoms with van der Waals surface area (Å²) < 4.78 is 39.2. The number of hydrogen-bond acceptors (Lipinski definition) is 6. The zero-order valence-electron chi connectivity index (χ0n) is 54.6. The molecule has 0 amide bonds. The number of rotatable bonds is 20. The number of phenolic OH excluding ortho intramolecular Hbond substituents is 1. The molecule has 11 heteroatoms. The Hall–Kier alpha value is -9.97. The molecule has 14 rings (SSSR count). The SMILES string of the molecule is CC(C)(c1ccc(O)cc1)c1ccc(OP(N=P(c2ccccc2)(c2ccccc2)c2ccccc2)(N=P(c2ccccc2)(c2ccccc2)c2ccccc2)(N=P(c2ccccc2)(c2ccccc2)c2ccccc2)N=P(c2ccccc2)(c2ccccc2)c2ccccc2)cc1. The average molecular weight is 1360 g/mol. The second kappa shape index (κ2) is 28.2. The van der Waals surface area contributed by atoms with Gasteiger partial charge in [0.1, 0.15) is 0 Å². The van der Waals surface area contributed by atoms with Crippen molar-refractivity contribution < 1.29 is 9.63 Å². The van der Waals surface area contributed by atoms with Crippen molar-refractivity contribution >= 4 is 99.3 Å². The molecular weight excluding hydrogens is 1290 g/mol. The summed E-state index contributed by atoms with van der Waals surface area (Å²) in [5.41, 5.74) is 1.53. The molecule has 0 spiro atoms. The van der Waals surface area contributed by atoms with Gasteiger partial charge < -0.3 is 0 Å². The Morgan fingerprint density at radius 3 is 0.541 bits per heavy atom. The van der Waals surface area contributed by atoms with Crippen LogP contribution in [0.3, 0.4) is 0 Å². The standard InChI is InChI=1S/C87H75N4O2P5/c1-87(2,71-63-67-73(92)68-64-71)72-65-69-74(70-66-72)93-98(88-94(75-39-15-3-16-40-75,76-41-17-4-18-42-76)77-43-19-5-20-44-77,89-95(78-45-21-6-22-46-78,79-47-23-7-24-48-79)80-49-25-8-26-50-80,90-96(81-51-27-9-28-52-81,82-53-29-10-30-54-82)83-55-31-11-32-56-83)91-97(84-57-33-12-34-58-84,85-59-35-13-36-60-85)86-61-37-14-38-62-86/h3-70,92H,1-2H3. The Labute approximate surface area is 577 Å². The zero-order valence-corrected chi connectivity index (χ0v) is 59.1. The first-order valence-corrected chi connectivity index (χ1v) is 41.9. The van der Waals surface area contributed by atoms with E-state index in [4.69, 9.17) is 18.1 Å². The Kier molecular flexibility index (Phi) is 18.8. The average Bonchev–Trinajstić information content (AvgIpc) is 0.673. The Morgan fingerprint density at radius 2 is 0.378 bits per heavy atom. The molecular formula is C87H75N4O2P5. The summed E-state index contributed by atoms with van der Waals surface area (Å²) in [6, 6.07) is 147. The van der Waals surface area contributed by atoms with Gasteiger partial charge in [0.15, 0.2) is 0 Å². The van der Waals surface area contributed by atoms with Crippen LogP contribution in [0.5, 0.6) is 11.5 Å². The van der Waals surface area contributed by atoms with Crippen molar-refractivity contribution in [3.05, 3.63) is 424 Å². The van der Waals surface area contributed by atoms with Crippen molar-refractivity contribution in [2.24, 2.45) is 18.1 Å². The van der Waals surface area contributed by atoms with Gasteiger partial charge in [0, 0.05) is 0 Å². The maximum absolute atomic E-state index is 10.6. The van der Waals surface area contributed by atoms with Crippen molar-refractivity contribution in [3.8, 4) is 11.5 Å². The van der Waals surface area contributed by atoms with E-state index in [2.05, 4.69) is 402 Å². The van der Waals surface area contributed by atoms with Crippen molar-refractivity contribution in [2.45, 2.75) is 19.3 Å². The van der Waals surface area contributed by atoms with Gasteiger partial charge in [-0.3, -0.25) is 0 Å². The third-order valence-electron chi connectivity index (χ3n) is 18.2. The van der Waals surface area contributed by atoms with E-state index in [0.29, 0.717) is 5.75 Å². The molecule has 14 aromatic carbocycles. The molecule has 14 aromatic rings. The Morgan fingerprint density at radius 1 is 0.224 bits per heavy atom. The van der Waals surface area contributed by atoms with E-state index in [9.17, 15) is 9.63 Å². The Balaban J connectivity index is 1.42. The van der Waals surface area contributed by atoms with Crippen LogP contribution in [0.1, 0.15) is 25.0 Å². The third kappa shape index (κ3) is 12.4. The van der Waals surface area contributed by atoms with Gasteiger partial charge >= 0.3 is 581 Å². The fourth-order valence-corrected chi connectivity index (χ4v) is 40.6. The molecule has 0 unspecified atom stereocenters. The summed E-state index contributed by atoms with van der Waals surface area (Å²) in [5, 5.41) is 22.2. The van der Waals surface area contributed by atoms with Gasteiger partial charge in [-0.15, -0.1) is 0 Å². The van der Waals surface area contributed by atoms with Crippen LogP contribution in [0.4, 0.5) is 0 Å². The quantitative estimate of drug-likeness (QED) is 0.0772. The van der Waals surface area contributed by atoms with Crippen molar-refractivity contribution in [2.75, 3.05) is 0 Å². The first-order valence-electron chi connectivity index (χ1n) is 33.0. The van der Waals surface area contributed by atoms with Crippen LogP contribution >= 0.6 is 35.7 Å². The van der Waals surface area contributed by atoms with Crippen LogP contribution < -0.4 is 68.2 Å². The molecule has 0 aliphatic rings. The molecule has 480 valence electrons. The molecule has 0 atom stereocenters. The van der Waals surface area contributed by atoms with Gasteiger partial charge in [0.25, 0.3) is 0 Å². The second-order valence-corrected chi connectivity index (χ2v) is 40.6. The second-order valence-electron chi connectivity index (χ2n) is 24.6. The van der Waals surface area contributed by atoms with Crippen LogP contribution in [0.25, 0.3) is 0 Å². The number of phenols is 1. The summed E-state index contributed by atoms with van der Waals surface area (Å²) in [6.07, 6.45) is 0. The molecule has 0 radical (unpaired) electrons. The molecule has 0 aliphatic heterocycles. The van der Waals surface area contributed by atoms with E-state index < -0.39 is 41.1 Å². The number of nitrogens with zero attached hydrogens (tertiary/aromatic N) is 4. The van der Waals surface area contributed by atoms with E-state index in [1.807, 2.05) is 12.1 Å². The molecule has 0 bridgehead atoms. The van der Waals surface area contributed by atoms with Crippen molar-refractivity contribution in [1.82, 2.24) is 0 Å². The predicted octanol–water partition coefficient (Wildman–Crippen LogP) is 18.9. The summed E-state index contributed by atoms with van der Waals surface area (Å²) in [5.74, 6) is 0.688. The van der Waals surface area contributed by atoms with E-state index in [1.165, 1.54) is 0 Å². The van der Waals surface area contributed by atoms with Crippen LogP contribution in [-0.4, -0.2) is 5.11 Å². The predicted molar refractivity (Wildman–Crippen MR) is 425 cm³/mol. The zero-order chi connectivity index (χ0) is 66.8. The van der Waals surface area contributed by atoms with Crippen LogP contribution in [-0.2, 0) is 5.41 Å². The molecule has 0 aromatic heterocycles. The summed E-state index contributed by atoms with van der Waals surface area (Å²) >= 11 is 0. The topological polar surface area (TPSA) is 78.9 Å². The van der Waals surface area contributed by atoms with Crippen LogP contribution in [0, 0.1) is 0 Å². The summed E-state index contributed by atoms with van der Waals surface area (Å²) in [7, 11) is -21.3. The molecule has 0 saturated heterocycles. The monoisotopic (exact) mass is 1360 g/mol. The van der Waals surface area contributed by atoms with E-state index in [0.717, 1.165) is 74.8 Å². The first-order chi connectivity index (χ1) is 48.1. The Bertz CT molecular complexity index is 4230. The molecule has 98 heavy (non-hydrogen) atoms. The molecule has 0 saturated carbocycles. The number of hydrogen-bond donors (Lipinski definition) is 1. The van der Waals surface area contributed by atoms with Crippen molar-refractivity contribution in [1.29, 1.82) is 0 Å². The summed E-state index contributed by atoms with van der Waals surface area (Å²) in [4.78, 5) is 0. The van der Waals surface area contributed by atoms with Crippen molar-refractivity contribution in [3.63, 3.8) is 0 Å². The third-order valence-corrected chi connectivity index (χ3v) is 40.5. The number of aromatic hydroxyl groups is 1. The molecule has 0 aliphatic carbocycles. The fraction of sp³-hybridized carbons (Fsp3) is 0.0345. The van der Waals surface area contributed by atoms with Gasteiger partial charge in [-0.25, -0.2) is 0 Å². The molecule has 1 N–H and O–H groups in total. The van der Waals surface area contributed by atoms with Gasteiger partial charge in [0.05, 0.1) is 0 Å². The van der Waals surface area contributed by atoms with Crippen LogP contribution in [0.2, 0.25) is 0 Å². The molecule has 6 nitrogen and oxygen atoms in total.